The van der Waals surface area contributed by atoms with E-state index in [1.807, 2.05) is 13.0 Å². The summed E-state index contributed by atoms with van der Waals surface area (Å²) in [5.74, 6) is 1.48. The highest BCUT2D eigenvalue weighted by Crippen LogP contribution is 2.18. The van der Waals surface area contributed by atoms with Crippen molar-refractivity contribution < 1.29 is 9.21 Å². The zero-order valence-corrected chi connectivity index (χ0v) is 11.5. The number of nitrogens with one attached hydrogen (secondary N) is 2. The minimum absolute atomic E-state index is 0.212. The van der Waals surface area contributed by atoms with Crippen molar-refractivity contribution in [2.75, 3.05) is 5.32 Å². The molecular weight excluding hydrogens is 289 g/mol. The van der Waals surface area contributed by atoms with Gasteiger partial charge >= 0.3 is 6.03 Å². The normalized spacial score (nSPS) is 10.3. The number of urea groups is 1. The SMILES string of the molecule is Cc1ccc(CNC(=O)Nc2cc(Cl)nc(Cl)c2)o1. The van der Waals surface area contributed by atoms with E-state index in [9.17, 15) is 4.79 Å². The van der Waals surface area contributed by atoms with Crippen LogP contribution >= 0.6 is 23.2 Å². The Bertz CT molecular complexity index is 578. The standard InChI is InChI=1S/C12H11Cl2N3O2/c1-7-2-3-9(19-7)6-15-12(18)16-8-4-10(13)17-11(14)5-8/h2-5H,6H2,1H3,(H2,15,16,17,18). The predicted molar refractivity (Wildman–Crippen MR) is 73.6 cm³/mol. The molecule has 2 rings (SSSR count). The number of nitrogens with zero attached hydrogens (tertiary/aromatic N) is 1. The first-order valence-corrected chi connectivity index (χ1v) is 6.22. The molecule has 5 nitrogen and oxygen atoms in total. The molecule has 0 saturated carbocycles. The summed E-state index contributed by atoms with van der Waals surface area (Å²) in [4.78, 5) is 15.4. The Kier molecular flexibility index (Phi) is 4.29. The van der Waals surface area contributed by atoms with Gasteiger partial charge in [0.2, 0.25) is 0 Å². The Morgan fingerprint density at radius 1 is 1.32 bits per heavy atom. The molecule has 2 N–H and O–H groups in total. The summed E-state index contributed by atoms with van der Waals surface area (Å²) in [6.45, 7) is 2.14. The number of carbonyl (C=O) groups is 1. The molecule has 19 heavy (non-hydrogen) atoms. The maximum absolute atomic E-state index is 11.6. The first-order valence-electron chi connectivity index (χ1n) is 5.46. The van der Waals surface area contributed by atoms with Gasteiger partial charge in [-0.2, -0.15) is 0 Å². The quantitative estimate of drug-likeness (QED) is 0.851. The Labute approximate surface area is 119 Å². The van der Waals surface area contributed by atoms with Crippen molar-refractivity contribution in [3.63, 3.8) is 0 Å². The smallest absolute Gasteiger partial charge is 0.319 e. The lowest BCUT2D eigenvalue weighted by molar-refractivity contribution is 0.250. The van der Waals surface area contributed by atoms with Crippen LogP contribution in [0.1, 0.15) is 11.5 Å². The van der Waals surface area contributed by atoms with Gasteiger partial charge in [0, 0.05) is 5.69 Å². The number of pyridine rings is 1. The Morgan fingerprint density at radius 2 is 2.00 bits per heavy atom. The third-order valence-electron chi connectivity index (χ3n) is 2.24. The first-order chi connectivity index (χ1) is 9.02. The number of aryl methyl sites for hydroxylation is 1. The van der Waals surface area contributed by atoms with Crippen LogP contribution in [-0.4, -0.2) is 11.0 Å². The highest BCUT2D eigenvalue weighted by Gasteiger charge is 2.05. The van der Waals surface area contributed by atoms with Gasteiger partial charge in [0.25, 0.3) is 0 Å². The third kappa shape index (κ3) is 4.15. The van der Waals surface area contributed by atoms with Crippen LogP contribution < -0.4 is 10.6 Å². The van der Waals surface area contributed by atoms with E-state index in [0.29, 0.717) is 18.0 Å². The van der Waals surface area contributed by atoms with Gasteiger partial charge in [-0.15, -0.1) is 0 Å². The molecule has 0 atom stereocenters. The van der Waals surface area contributed by atoms with E-state index >= 15 is 0 Å². The van der Waals surface area contributed by atoms with Crippen LogP contribution in [0.5, 0.6) is 0 Å². The van der Waals surface area contributed by atoms with Crippen molar-refractivity contribution in [1.29, 1.82) is 0 Å². The van der Waals surface area contributed by atoms with Crippen LogP contribution in [0, 0.1) is 6.92 Å². The van der Waals surface area contributed by atoms with E-state index in [0.717, 1.165) is 5.76 Å². The van der Waals surface area contributed by atoms with Gasteiger partial charge < -0.3 is 15.1 Å². The second-order valence-electron chi connectivity index (χ2n) is 3.82. The number of rotatable bonds is 3. The van der Waals surface area contributed by atoms with Crippen molar-refractivity contribution >= 4 is 34.9 Å². The van der Waals surface area contributed by atoms with E-state index in [1.54, 1.807) is 6.07 Å². The number of hydrogen-bond acceptors (Lipinski definition) is 3. The Morgan fingerprint density at radius 3 is 2.58 bits per heavy atom. The monoisotopic (exact) mass is 299 g/mol. The van der Waals surface area contributed by atoms with E-state index in [1.165, 1.54) is 12.1 Å². The predicted octanol–water partition coefficient (Wildman–Crippen LogP) is 3.61. The summed E-state index contributed by atoms with van der Waals surface area (Å²) >= 11 is 11.5. The first kappa shape index (κ1) is 13.7. The molecule has 2 aromatic heterocycles. The molecule has 0 aliphatic heterocycles. The van der Waals surface area contributed by atoms with Gasteiger partial charge in [0.15, 0.2) is 0 Å². The minimum atomic E-state index is -0.382. The van der Waals surface area contributed by atoms with E-state index < -0.39 is 0 Å². The molecular formula is C12H11Cl2N3O2. The Hall–Kier alpha value is -1.72. The number of hydrogen-bond donors (Lipinski definition) is 2. The van der Waals surface area contributed by atoms with Crippen LogP contribution in [0.15, 0.2) is 28.7 Å². The number of furan rings is 1. The van der Waals surface area contributed by atoms with Crippen LogP contribution in [0.3, 0.4) is 0 Å². The summed E-state index contributed by atoms with van der Waals surface area (Å²) in [6.07, 6.45) is 0. The van der Waals surface area contributed by atoms with Gasteiger partial charge in [-0.3, -0.25) is 0 Å². The molecule has 0 bridgehead atoms. The largest absolute Gasteiger partial charge is 0.465 e. The van der Waals surface area contributed by atoms with Crippen LogP contribution in [0.2, 0.25) is 10.3 Å². The minimum Gasteiger partial charge on any atom is -0.465 e. The molecule has 2 heterocycles. The topological polar surface area (TPSA) is 67.2 Å². The number of anilines is 1. The summed E-state index contributed by atoms with van der Waals surface area (Å²) in [7, 11) is 0. The van der Waals surface area contributed by atoms with Crippen LogP contribution in [0.25, 0.3) is 0 Å². The van der Waals surface area contributed by atoms with E-state index in [4.69, 9.17) is 27.6 Å². The van der Waals surface area contributed by atoms with Crippen LogP contribution in [-0.2, 0) is 6.54 Å². The highest BCUT2D eigenvalue weighted by molar-refractivity contribution is 6.32. The molecule has 7 heteroatoms. The zero-order valence-electron chi connectivity index (χ0n) is 10.0. The summed E-state index contributed by atoms with van der Waals surface area (Å²) in [5.41, 5.74) is 0.470. The number of halogens is 2. The Balaban J connectivity index is 1.90. The van der Waals surface area contributed by atoms with Gasteiger partial charge in [-0.05, 0) is 31.2 Å². The third-order valence-corrected chi connectivity index (χ3v) is 2.63. The average Bonchev–Trinajstić information content (AvgIpc) is 2.71. The van der Waals surface area contributed by atoms with Gasteiger partial charge in [0.1, 0.15) is 21.8 Å². The number of carbonyl (C=O) groups excluding carboxylic acids is 1. The molecule has 0 radical (unpaired) electrons. The summed E-state index contributed by atoms with van der Waals surface area (Å²) < 4.78 is 5.33. The summed E-state index contributed by atoms with van der Waals surface area (Å²) in [5, 5.41) is 5.67. The maximum Gasteiger partial charge on any atom is 0.319 e. The van der Waals surface area contributed by atoms with Crippen molar-refractivity contribution in [2.45, 2.75) is 13.5 Å². The van der Waals surface area contributed by atoms with Crippen molar-refractivity contribution in [3.8, 4) is 0 Å². The van der Waals surface area contributed by atoms with Gasteiger partial charge in [0.05, 0.1) is 6.54 Å². The zero-order chi connectivity index (χ0) is 13.8. The molecule has 0 unspecified atom stereocenters. The van der Waals surface area contributed by atoms with E-state index in [2.05, 4.69) is 15.6 Å². The fourth-order valence-corrected chi connectivity index (χ4v) is 1.92. The molecule has 0 aromatic carbocycles. The number of amides is 2. The highest BCUT2D eigenvalue weighted by atomic mass is 35.5. The lowest BCUT2D eigenvalue weighted by Crippen LogP contribution is -2.28. The number of aromatic nitrogens is 1. The van der Waals surface area contributed by atoms with E-state index in [-0.39, 0.29) is 16.3 Å². The lowest BCUT2D eigenvalue weighted by atomic mass is 10.4. The van der Waals surface area contributed by atoms with Gasteiger partial charge in [-0.1, -0.05) is 23.2 Å². The fourth-order valence-electron chi connectivity index (χ4n) is 1.46. The summed E-state index contributed by atoms with van der Waals surface area (Å²) in [6, 6.07) is 6.26. The average molecular weight is 300 g/mol. The molecule has 2 amide bonds. The second-order valence-corrected chi connectivity index (χ2v) is 4.60. The molecule has 0 aliphatic carbocycles. The van der Waals surface area contributed by atoms with Crippen LogP contribution in [0.4, 0.5) is 10.5 Å². The lowest BCUT2D eigenvalue weighted by Gasteiger charge is -2.07. The van der Waals surface area contributed by atoms with Crippen molar-refractivity contribution in [1.82, 2.24) is 10.3 Å². The molecule has 0 aliphatic rings. The van der Waals surface area contributed by atoms with Crippen molar-refractivity contribution in [3.05, 3.63) is 46.1 Å². The maximum atomic E-state index is 11.6. The molecule has 2 aromatic rings. The fraction of sp³-hybridized carbons (Fsp3) is 0.167. The van der Waals surface area contributed by atoms with Gasteiger partial charge in [-0.25, -0.2) is 9.78 Å². The van der Waals surface area contributed by atoms with Crippen molar-refractivity contribution in [2.24, 2.45) is 0 Å². The molecule has 100 valence electrons. The molecule has 0 fully saturated rings. The molecule has 0 spiro atoms. The second kappa shape index (κ2) is 5.95. The molecule has 0 saturated heterocycles.